The second-order valence-corrected chi connectivity index (χ2v) is 15.8. The monoisotopic (exact) mass is 776 g/mol. The van der Waals surface area contributed by atoms with E-state index in [-0.39, 0.29) is 0 Å². The first-order chi connectivity index (χ1) is 30.2. The summed E-state index contributed by atoms with van der Waals surface area (Å²) in [6.45, 7) is 0. The molecule has 0 saturated heterocycles. The van der Waals surface area contributed by atoms with E-state index in [1.54, 1.807) is 0 Å². The van der Waals surface area contributed by atoms with Crippen LogP contribution < -0.4 is 0 Å². The van der Waals surface area contributed by atoms with Crippen LogP contribution in [0.15, 0.2) is 199 Å². The molecular formula is C56H32N4O. The van der Waals surface area contributed by atoms with Crippen molar-refractivity contribution in [3.05, 3.63) is 194 Å². The van der Waals surface area contributed by atoms with Crippen LogP contribution in [0.4, 0.5) is 0 Å². The number of hydrogen-bond donors (Lipinski definition) is 0. The summed E-state index contributed by atoms with van der Waals surface area (Å²) >= 11 is 0. The topological polar surface area (TPSA) is 64.7 Å². The molecule has 13 rings (SSSR count). The van der Waals surface area contributed by atoms with Gasteiger partial charge in [-0.1, -0.05) is 158 Å². The third kappa shape index (κ3) is 5.27. The molecule has 0 N–H and O–H groups in total. The van der Waals surface area contributed by atoms with Gasteiger partial charge in [-0.05, 0) is 68.1 Å². The molecule has 0 aliphatic heterocycles. The molecule has 282 valence electrons. The molecule has 0 spiro atoms. The Kier molecular flexibility index (Phi) is 7.24. The predicted molar refractivity (Wildman–Crippen MR) is 252 cm³/mol. The average Bonchev–Trinajstić information content (AvgIpc) is 3.71. The van der Waals surface area contributed by atoms with Crippen LogP contribution in [-0.2, 0) is 0 Å². The molecule has 0 unspecified atom stereocenters. The van der Waals surface area contributed by atoms with Crippen LogP contribution in [0.2, 0.25) is 0 Å². The Morgan fingerprint density at radius 1 is 0.262 bits per heavy atom. The maximum atomic E-state index is 6.34. The SMILES string of the molecule is c1ccc2c(c1)c1ccccc1c1nc(-c3ccc(-c4ccc5oc6ccc(-c7ccc(-c8cnc9c%10ccccc%10c%10ccccc%10c9n8)cc7)cc6c5c4)cc3)cnc21. The van der Waals surface area contributed by atoms with Gasteiger partial charge in [-0.2, -0.15) is 0 Å². The largest absolute Gasteiger partial charge is 0.456 e. The first-order valence-electron chi connectivity index (χ1n) is 20.5. The molecule has 0 amide bonds. The molecule has 5 nitrogen and oxygen atoms in total. The minimum Gasteiger partial charge on any atom is -0.456 e. The Balaban J connectivity index is 0.824. The lowest BCUT2D eigenvalue weighted by molar-refractivity contribution is 0.669. The van der Waals surface area contributed by atoms with Crippen LogP contribution in [0.3, 0.4) is 0 Å². The fourth-order valence-electron chi connectivity index (χ4n) is 9.33. The summed E-state index contributed by atoms with van der Waals surface area (Å²) in [7, 11) is 0. The second-order valence-electron chi connectivity index (χ2n) is 15.8. The van der Waals surface area contributed by atoms with E-state index < -0.39 is 0 Å². The molecule has 0 radical (unpaired) electrons. The van der Waals surface area contributed by atoms with Gasteiger partial charge < -0.3 is 4.42 Å². The van der Waals surface area contributed by atoms with Gasteiger partial charge in [0.05, 0.1) is 45.8 Å². The average molecular weight is 777 g/mol. The Labute approximate surface area is 349 Å². The van der Waals surface area contributed by atoms with Gasteiger partial charge in [0.15, 0.2) is 0 Å². The molecule has 5 heteroatoms. The first-order valence-corrected chi connectivity index (χ1v) is 20.5. The van der Waals surface area contributed by atoms with Crippen LogP contribution in [0.25, 0.3) is 132 Å². The number of rotatable bonds is 4. The van der Waals surface area contributed by atoms with Gasteiger partial charge in [0.25, 0.3) is 0 Å². The fourth-order valence-corrected chi connectivity index (χ4v) is 9.33. The molecule has 3 heterocycles. The zero-order valence-corrected chi connectivity index (χ0v) is 32.7. The summed E-state index contributed by atoms with van der Waals surface area (Å²) in [5, 5.41) is 11.4. The van der Waals surface area contributed by atoms with Crippen LogP contribution in [-0.4, -0.2) is 19.9 Å². The highest BCUT2D eigenvalue weighted by Crippen LogP contribution is 2.38. The van der Waals surface area contributed by atoms with Crippen LogP contribution in [0.1, 0.15) is 0 Å². The Morgan fingerprint density at radius 2 is 0.574 bits per heavy atom. The molecule has 3 aromatic heterocycles. The van der Waals surface area contributed by atoms with Gasteiger partial charge in [-0.25, -0.2) is 9.97 Å². The Bertz CT molecular complexity index is 3600. The van der Waals surface area contributed by atoms with Crippen molar-refractivity contribution in [3.63, 3.8) is 0 Å². The van der Waals surface area contributed by atoms with Gasteiger partial charge in [-0.3, -0.25) is 9.97 Å². The van der Waals surface area contributed by atoms with Crippen molar-refractivity contribution in [1.29, 1.82) is 0 Å². The van der Waals surface area contributed by atoms with Gasteiger partial charge in [0, 0.05) is 43.4 Å². The van der Waals surface area contributed by atoms with Crippen molar-refractivity contribution in [1.82, 2.24) is 19.9 Å². The lowest BCUT2D eigenvalue weighted by Crippen LogP contribution is -1.92. The van der Waals surface area contributed by atoms with Crippen LogP contribution in [0.5, 0.6) is 0 Å². The molecule has 13 aromatic rings. The van der Waals surface area contributed by atoms with E-state index in [9.17, 15) is 0 Å². The zero-order chi connectivity index (χ0) is 40.0. The van der Waals surface area contributed by atoms with Crippen molar-refractivity contribution in [2.75, 3.05) is 0 Å². The van der Waals surface area contributed by atoms with Crippen molar-refractivity contribution in [3.8, 4) is 44.8 Å². The van der Waals surface area contributed by atoms with Crippen LogP contribution in [0, 0.1) is 0 Å². The number of hydrogen-bond acceptors (Lipinski definition) is 5. The summed E-state index contributed by atoms with van der Waals surface area (Å²) in [6, 6.07) is 64.0. The van der Waals surface area contributed by atoms with Gasteiger partial charge in [0.2, 0.25) is 0 Å². The fraction of sp³-hybridized carbons (Fsp3) is 0. The van der Waals surface area contributed by atoms with Crippen LogP contribution >= 0.6 is 0 Å². The van der Waals surface area contributed by atoms with Crippen molar-refractivity contribution >= 4 is 87.1 Å². The number of nitrogens with zero attached hydrogens (tertiary/aromatic N) is 4. The van der Waals surface area contributed by atoms with E-state index >= 15 is 0 Å². The lowest BCUT2D eigenvalue weighted by Gasteiger charge is -2.10. The maximum absolute atomic E-state index is 6.34. The quantitative estimate of drug-likeness (QED) is 0.167. The third-order valence-corrected chi connectivity index (χ3v) is 12.4. The standard InChI is InChI=1S/C56H32N4O/c1-5-13-43-39(9-1)41-11-3-7-15-45(41)55-53(43)57-31-49(59-55)35-21-17-33(18-22-35)37-25-27-51-47(29-37)48-30-38(26-28-52(48)61-51)34-19-23-36(24-20-34)50-32-58-54-44-14-6-2-10-40(44)42-12-4-8-16-46(42)56(54)60-50/h1-32H. The zero-order valence-electron chi connectivity index (χ0n) is 32.7. The highest BCUT2D eigenvalue weighted by molar-refractivity contribution is 6.24. The van der Waals surface area contributed by atoms with E-state index in [4.69, 9.17) is 24.4 Å². The minimum absolute atomic E-state index is 0.851. The summed E-state index contributed by atoms with van der Waals surface area (Å²) < 4.78 is 6.34. The van der Waals surface area contributed by atoms with Crippen molar-refractivity contribution < 1.29 is 4.42 Å². The highest BCUT2D eigenvalue weighted by Gasteiger charge is 2.15. The highest BCUT2D eigenvalue weighted by atomic mass is 16.3. The van der Waals surface area contributed by atoms with E-state index in [1.165, 1.54) is 21.5 Å². The second kappa shape index (κ2) is 13.1. The summed E-state index contributed by atoms with van der Waals surface area (Å²) in [4.78, 5) is 20.3. The molecule has 0 atom stereocenters. The lowest BCUT2D eigenvalue weighted by atomic mass is 9.98. The predicted octanol–water partition coefficient (Wildman–Crippen LogP) is 14.8. The van der Waals surface area contributed by atoms with E-state index in [0.29, 0.717) is 0 Å². The van der Waals surface area contributed by atoms with Gasteiger partial charge in [-0.15, -0.1) is 0 Å². The molecule has 0 aliphatic rings. The smallest absolute Gasteiger partial charge is 0.135 e. The summed E-state index contributed by atoms with van der Waals surface area (Å²) in [6.07, 6.45) is 3.79. The molecule has 0 saturated carbocycles. The first kappa shape index (κ1) is 33.7. The van der Waals surface area contributed by atoms with E-state index in [0.717, 1.165) is 110 Å². The molecule has 61 heavy (non-hydrogen) atoms. The number of fused-ring (bicyclic) bond motifs is 15. The minimum atomic E-state index is 0.851. The van der Waals surface area contributed by atoms with E-state index in [1.807, 2.05) is 12.4 Å². The number of furan rings is 1. The Morgan fingerprint density at radius 3 is 0.951 bits per heavy atom. The number of benzene rings is 10. The molecule has 0 bridgehead atoms. The maximum Gasteiger partial charge on any atom is 0.135 e. The summed E-state index contributed by atoms with van der Waals surface area (Å²) in [5.41, 5.74) is 13.7. The normalized spacial score (nSPS) is 11.9. The molecule has 0 fully saturated rings. The third-order valence-electron chi connectivity index (χ3n) is 12.4. The molecule has 10 aromatic carbocycles. The van der Waals surface area contributed by atoms with Crippen molar-refractivity contribution in [2.24, 2.45) is 0 Å². The Hall–Kier alpha value is -8.28. The molecular weight excluding hydrogens is 745 g/mol. The summed E-state index contributed by atoms with van der Waals surface area (Å²) in [5.74, 6) is 0. The van der Waals surface area contributed by atoms with Gasteiger partial charge >= 0.3 is 0 Å². The van der Waals surface area contributed by atoms with Crippen molar-refractivity contribution in [2.45, 2.75) is 0 Å². The molecule has 0 aliphatic carbocycles. The number of aromatic nitrogens is 4. The van der Waals surface area contributed by atoms with E-state index in [2.05, 4.69) is 182 Å². The van der Waals surface area contributed by atoms with Gasteiger partial charge in [0.1, 0.15) is 11.2 Å².